The summed E-state index contributed by atoms with van der Waals surface area (Å²) in [5.74, 6) is 2.79. The summed E-state index contributed by atoms with van der Waals surface area (Å²) in [6.07, 6.45) is 13.5. The van der Waals surface area contributed by atoms with Crippen LogP contribution in [0.5, 0.6) is 0 Å². The van der Waals surface area contributed by atoms with Gasteiger partial charge in [-0.2, -0.15) is 0 Å². The molecule has 2 N–H and O–H groups in total. The molecule has 3 saturated carbocycles. The zero-order valence-corrected chi connectivity index (χ0v) is 20.1. The van der Waals surface area contributed by atoms with E-state index in [1.54, 1.807) is 11.3 Å². The molecule has 5 rings (SSSR count). The lowest BCUT2D eigenvalue weighted by Gasteiger charge is -2.17. The summed E-state index contributed by atoms with van der Waals surface area (Å²) >= 11 is 3.11. The maximum atomic E-state index is 12.6. The maximum Gasteiger partial charge on any atom is 0.206 e. The van der Waals surface area contributed by atoms with Gasteiger partial charge in [-0.15, -0.1) is 21.5 Å². The molecule has 2 heterocycles. The van der Waals surface area contributed by atoms with Crippen LogP contribution in [0.2, 0.25) is 0 Å². The number of hydrogen-bond donors (Lipinski definition) is 2. The van der Waals surface area contributed by atoms with Crippen LogP contribution in [0.1, 0.15) is 90.9 Å². The van der Waals surface area contributed by atoms with Crippen molar-refractivity contribution in [1.29, 1.82) is 0 Å². The Balaban J connectivity index is 1.07. The second kappa shape index (κ2) is 9.67. The molecule has 7 heteroatoms. The summed E-state index contributed by atoms with van der Waals surface area (Å²) in [5, 5.41) is 19.2. The van der Waals surface area contributed by atoms with E-state index < -0.39 is 0 Å². The Morgan fingerprint density at radius 3 is 2.77 bits per heavy atom. The minimum Gasteiger partial charge on any atom is -0.353 e. The number of Topliss-reactive ketones (excluding diaryl/α,β-unsaturated/α-hetero) is 1. The Labute approximate surface area is 193 Å². The van der Waals surface area contributed by atoms with E-state index in [0.29, 0.717) is 18.0 Å². The minimum absolute atomic E-state index is 0.139. The van der Waals surface area contributed by atoms with Crippen molar-refractivity contribution in [3.05, 3.63) is 26.9 Å². The van der Waals surface area contributed by atoms with Crippen LogP contribution in [-0.2, 0) is 6.42 Å². The van der Waals surface area contributed by atoms with E-state index in [2.05, 4.69) is 39.2 Å². The number of anilines is 1. The van der Waals surface area contributed by atoms with Gasteiger partial charge in [-0.25, -0.2) is 0 Å². The number of aromatic nitrogens is 2. The summed E-state index contributed by atoms with van der Waals surface area (Å²) < 4.78 is 0. The number of hydrogen-bond acceptors (Lipinski definition) is 7. The van der Waals surface area contributed by atoms with Crippen molar-refractivity contribution in [1.82, 2.24) is 15.5 Å². The molecule has 2 aromatic rings. The molecule has 0 bridgehead atoms. The molecule has 0 saturated heterocycles. The standard InChI is InChI=1S/C24H34N4OS2/c1-2-23-27-28-24(31-23)25-13-21(29)22-11-17(14-30-22)19-12-20(19)26-18-5-3-4-15(8-9-18)10-16-6-7-16/h11,14-16,18-20,26H,2-10,12-13H2,1H3,(H,25,28). The lowest BCUT2D eigenvalue weighted by molar-refractivity contribution is 0.101. The average molecular weight is 459 g/mol. The van der Waals surface area contributed by atoms with Gasteiger partial charge in [-0.3, -0.25) is 4.79 Å². The molecule has 4 unspecified atom stereocenters. The highest BCUT2D eigenvalue weighted by Gasteiger charge is 2.40. The first kappa shape index (κ1) is 21.5. The number of thiophene rings is 1. The number of nitrogens with one attached hydrogen (secondary N) is 2. The average Bonchev–Trinajstić information content (AvgIpc) is 3.66. The van der Waals surface area contributed by atoms with E-state index in [0.717, 1.165) is 33.3 Å². The fourth-order valence-corrected chi connectivity index (χ4v) is 6.65. The van der Waals surface area contributed by atoms with E-state index in [1.165, 1.54) is 74.7 Å². The van der Waals surface area contributed by atoms with Crippen molar-refractivity contribution in [3.63, 3.8) is 0 Å². The van der Waals surface area contributed by atoms with Crippen molar-refractivity contribution in [2.75, 3.05) is 11.9 Å². The molecular weight excluding hydrogens is 424 g/mol. The Hall–Kier alpha value is -1.31. The van der Waals surface area contributed by atoms with Gasteiger partial charge >= 0.3 is 0 Å². The molecule has 31 heavy (non-hydrogen) atoms. The van der Waals surface area contributed by atoms with Gasteiger partial charge in [0.2, 0.25) is 5.13 Å². The van der Waals surface area contributed by atoms with Crippen molar-refractivity contribution >= 4 is 33.6 Å². The topological polar surface area (TPSA) is 66.9 Å². The van der Waals surface area contributed by atoms with Crippen LogP contribution in [-0.4, -0.2) is 34.6 Å². The number of rotatable bonds is 10. The molecule has 5 nitrogen and oxygen atoms in total. The first-order valence-electron chi connectivity index (χ1n) is 12.1. The first-order chi connectivity index (χ1) is 15.2. The lowest BCUT2D eigenvalue weighted by atomic mass is 9.94. The summed E-state index contributed by atoms with van der Waals surface area (Å²) in [4.78, 5) is 13.4. The zero-order valence-electron chi connectivity index (χ0n) is 18.4. The fourth-order valence-electron chi connectivity index (χ4n) is 5.06. The van der Waals surface area contributed by atoms with Gasteiger partial charge < -0.3 is 10.6 Å². The third kappa shape index (κ3) is 5.74. The molecular formula is C24H34N4OS2. The molecule has 2 aromatic heterocycles. The smallest absolute Gasteiger partial charge is 0.206 e. The zero-order chi connectivity index (χ0) is 21.2. The van der Waals surface area contributed by atoms with Crippen LogP contribution in [0, 0.1) is 11.8 Å². The summed E-state index contributed by atoms with van der Waals surface area (Å²) in [5.41, 5.74) is 1.34. The highest BCUT2D eigenvalue weighted by atomic mass is 32.1. The summed E-state index contributed by atoms with van der Waals surface area (Å²) in [7, 11) is 0. The Kier molecular flexibility index (Phi) is 6.72. The van der Waals surface area contributed by atoms with E-state index in [4.69, 9.17) is 0 Å². The van der Waals surface area contributed by atoms with Gasteiger partial charge in [0.1, 0.15) is 5.01 Å². The molecule has 3 aliphatic carbocycles. The van der Waals surface area contributed by atoms with Crippen molar-refractivity contribution in [3.8, 4) is 0 Å². The van der Waals surface area contributed by atoms with E-state index in [9.17, 15) is 4.79 Å². The molecule has 0 aromatic carbocycles. The van der Waals surface area contributed by atoms with Crippen LogP contribution in [0.3, 0.4) is 0 Å². The van der Waals surface area contributed by atoms with E-state index in [1.807, 2.05) is 0 Å². The minimum atomic E-state index is 0.139. The number of carbonyl (C=O) groups is 1. The van der Waals surface area contributed by atoms with Gasteiger partial charge in [-0.05, 0) is 67.4 Å². The SMILES string of the molecule is CCc1nnc(NCC(=O)c2cc(C3CC3NC3CCCC(CC4CC4)CC3)cs2)s1. The number of aryl methyl sites for hydroxylation is 1. The second-order valence-corrected chi connectivity index (χ2v) is 11.7. The van der Waals surface area contributed by atoms with Gasteiger partial charge in [0.05, 0.1) is 11.4 Å². The molecule has 0 aliphatic heterocycles. The van der Waals surface area contributed by atoms with Gasteiger partial charge in [0.15, 0.2) is 5.78 Å². The van der Waals surface area contributed by atoms with Gasteiger partial charge in [0, 0.05) is 18.0 Å². The molecule has 0 amide bonds. The monoisotopic (exact) mass is 458 g/mol. The summed E-state index contributed by atoms with van der Waals surface area (Å²) in [6, 6.07) is 3.43. The van der Waals surface area contributed by atoms with Crippen LogP contribution in [0.25, 0.3) is 0 Å². The van der Waals surface area contributed by atoms with Crippen LogP contribution in [0.4, 0.5) is 5.13 Å². The van der Waals surface area contributed by atoms with Gasteiger partial charge in [0.25, 0.3) is 0 Å². The van der Waals surface area contributed by atoms with Gasteiger partial charge in [-0.1, -0.05) is 43.9 Å². The van der Waals surface area contributed by atoms with Crippen LogP contribution < -0.4 is 10.6 Å². The summed E-state index contributed by atoms with van der Waals surface area (Å²) in [6.45, 7) is 2.35. The number of nitrogens with zero attached hydrogens (tertiary/aromatic N) is 2. The molecule has 0 spiro atoms. The number of ketones is 1. The molecule has 168 valence electrons. The Morgan fingerprint density at radius 2 is 1.97 bits per heavy atom. The highest BCUT2D eigenvalue weighted by molar-refractivity contribution is 7.15. The largest absolute Gasteiger partial charge is 0.353 e. The van der Waals surface area contributed by atoms with Crippen molar-refractivity contribution in [2.45, 2.75) is 89.1 Å². The lowest BCUT2D eigenvalue weighted by Crippen LogP contribution is -2.31. The predicted molar refractivity (Wildman–Crippen MR) is 128 cm³/mol. The first-order valence-corrected chi connectivity index (χ1v) is 13.8. The molecule has 4 atom stereocenters. The number of carbonyl (C=O) groups excluding carboxylic acids is 1. The maximum absolute atomic E-state index is 12.6. The Morgan fingerprint density at radius 1 is 1.13 bits per heavy atom. The van der Waals surface area contributed by atoms with E-state index >= 15 is 0 Å². The predicted octanol–water partition coefficient (Wildman–Crippen LogP) is 5.65. The van der Waals surface area contributed by atoms with Crippen LogP contribution >= 0.6 is 22.7 Å². The highest BCUT2D eigenvalue weighted by Crippen LogP contribution is 2.44. The molecule has 3 fully saturated rings. The fraction of sp³-hybridized carbons (Fsp3) is 0.708. The van der Waals surface area contributed by atoms with Crippen LogP contribution in [0.15, 0.2) is 11.4 Å². The van der Waals surface area contributed by atoms with Crippen molar-refractivity contribution in [2.24, 2.45) is 11.8 Å². The molecule has 3 aliphatic rings. The van der Waals surface area contributed by atoms with Crippen molar-refractivity contribution < 1.29 is 4.79 Å². The quantitative estimate of drug-likeness (QED) is 0.356. The third-order valence-corrected chi connectivity index (χ3v) is 9.20. The second-order valence-electron chi connectivity index (χ2n) is 9.74. The molecule has 0 radical (unpaired) electrons. The third-order valence-electron chi connectivity index (χ3n) is 7.18. The normalized spacial score (nSPS) is 28.3. The Bertz CT molecular complexity index is 890. The van der Waals surface area contributed by atoms with E-state index in [-0.39, 0.29) is 12.3 Å².